The minimum Gasteiger partial charge on any atom is -0.487 e. The van der Waals surface area contributed by atoms with Crippen molar-refractivity contribution in [3.63, 3.8) is 0 Å². The van der Waals surface area contributed by atoms with Crippen LogP contribution in [0.15, 0.2) is 101 Å². The van der Waals surface area contributed by atoms with Gasteiger partial charge in [-0.3, -0.25) is 0 Å². The summed E-state index contributed by atoms with van der Waals surface area (Å²) >= 11 is 1.64. The maximum absolute atomic E-state index is 4.60. The van der Waals surface area contributed by atoms with E-state index in [2.05, 4.69) is 74.1 Å². The Morgan fingerprint density at radius 2 is 1.62 bits per heavy atom. The Morgan fingerprint density at radius 1 is 0.784 bits per heavy atom. The van der Waals surface area contributed by atoms with E-state index >= 15 is 0 Å². The summed E-state index contributed by atoms with van der Waals surface area (Å²) in [6.45, 7) is 1.98. The summed E-state index contributed by atoms with van der Waals surface area (Å²) in [7, 11) is 1.97. The van der Waals surface area contributed by atoms with Crippen LogP contribution < -0.4 is 9.80 Å². The van der Waals surface area contributed by atoms with Gasteiger partial charge in [-0.1, -0.05) is 29.8 Å². The molecule has 0 bridgehead atoms. The van der Waals surface area contributed by atoms with Crippen LogP contribution in [0, 0.1) is 18.8 Å². The summed E-state index contributed by atoms with van der Waals surface area (Å²) < 4.78 is 2.19. The van der Waals surface area contributed by atoms with Crippen molar-refractivity contribution in [3.8, 4) is 5.82 Å². The van der Waals surface area contributed by atoms with Gasteiger partial charge < -0.3 is 14.4 Å². The van der Waals surface area contributed by atoms with Gasteiger partial charge in [0.05, 0.1) is 0 Å². The van der Waals surface area contributed by atoms with Crippen LogP contribution in [-0.2, 0) is 21.1 Å². The van der Waals surface area contributed by atoms with Crippen molar-refractivity contribution >= 4 is 50.9 Å². The fourth-order valence-corrected chi connectivity index (χ4v) is 5.47. The Kier molecular flexibility index (Phi) is 6.19. The molecule has 1 aliphatic heterocycles. The van der Waals surface area contributed by atoms with Crippen LogP contribution in [-0.4, -0.2) is 26.6 Å². The van der Waals surface area contributed by atoms with Crippen LogP contribution >= 0.6 is 11.8 Å². The monoisotopic (exact) mass is 678 g/mol. The Hall–Kier alpha value is -3.67. The molecule has 0 N–H and O–H groups in total. The normalized spacial score (nSPS) is 12.7. The van der Waals surface area contributed by atoms with Crippen molar-refractivity contribution < 1.29 is 21.1 Å². The molecule has 3 aromatic carbocycles. The summed E-state index contributed by atoms with van der Waals surface area (Å²) in [4.78, 5) is 19.6. The first-order valence-electron chi connectivity index (χ1n) is 11.5. The summed E-state index contributed by atoms with van der Waals surface area (Å²) in [5.74, 6) is 2.52. The standard InChI is InChI=1S/C29H19N6S.Pt/c1-33-19-34(29-28(33)31-15-16-32-29)20-7-6-8-21(17-20)36-22-12-13-26-24(18-22)23-9-2-3-10-25(23)35(26)27-11-4-5-14-30-27;/h2-11,13-16,18-19H,1H3;/q-3;. The smallest absolute Gasteiger partial charge is 0.143 e. The molecule has 37 heavy (non-hydrogen) atoms. The molecule has 0 fully saturated rings. The Labute approximate surface area is 233 Å². The van der Waals surface area contributed by atoms with Crippen LogP contribution in [0.2, 0.25) is 0 Å². The predicted molar refractivity (Wildman–Crippen MR) is 144 cm³/mol. The fourth-order valence-electron chi connectivity index (χ4n) is 4.64. The van der Waals surface area contributed by atoms with E-state index < -0.39 is 0 Å². The molecule has 6 nitrogen and oxygen atoms in total. The molecule has 0 saturated carbocycles. The molecule has 0 aliphatic carbocycles. The zero-order valence-corrected chi connectivity index (χ0v) is 22.7. The molecule has 184 valence electrons. The summed E-state index contributed by atoms with van der Waals surface area (Å²) in [5.41, 5.74) is 3.13. The maximum Gasteiger partial charge on any atom is 0.143 e. The Balaban J connectivity index is 0.00000252. The molecule has 0 atom stereocenters. The largest absolute Gasteiger partial charge is 0.487 e. The van der Waals surface area contributed by atoms with Gasteiger partial charge in [0.2, 0.25) is 0 Å². The van der Waals surface area contributed by atoms with Crippen molar-refractivity contribution in [1.82, 2.24) is 19.5 Å². The summed E-state index contributed by atoms with van der Waals surface area (Å²) in [6, 6.07) is 31.9. The van der Waals surface area contributed by atoms with Gasteiger partial charge in [0.15, 0.2) is 0 Å². The van der Waals surface area contributed by atoms with Crippen LogP contribution in [0.4, 0.5) is 17.3 Å². The number of para-hydroxylation sites is 1. The number of fused-ring (bicyclic) bond motifs is 4. The molecule has 1 aliphatic rings. The average Bonchev–Trinajstić information content (AvgIpc) is 3.44. The number of nitrogens with zero attached hydrogens (tertiary/aromatic N) is 6. The van der Waals surface area contributed by atoms with Gasteiger partial charge in [0, 0.05) is 45.2 Å². The second-order valence-corrected chi connectivity index (χ2v) is 9.52. The molecule has 8 heteroatoms. The van der Waals surface area contributed by atoms with Gasteiger partial charge in [-0.15, -0.1) is 57.5 Å². The first-order chi connectivity index (χ1) is 17.8. The quantitative estimate of drug-likeness (QED) is 0.201. The average molecular weight is 679 g/mol. The number of hydrogen-bond acceptors (Lipinski definition) is 6. The topological polar surface area (TPSA) is 50.1 Å². The van der Waals surface area contributed by atoms with E-state index in [9.17, 15) is 0 Å². The van der Waals surface area contributed by atoms with E-state index in [0.717, 1.165) is 44.0 Å². The minimum atomic E-state index is 0. The zero-order chi connectivity index (χ0) is 24.1. The minimum absolute atomic E-state index is 0. The SMILES string of the molecule is CN1[CH-]N(c2[c-]c(Sc3[c-]cc4c(c3)c3ccccc3n4-c3ccccn3)ccc2)c2nccnc21.[Pt]. The van der Waals surface area contributed by atoms with Gasteiger partial charge in [0.1, 0.15) is 17.5 Å². The van der Waals surface area contributed by atoms with Crippen molar-refractivity contribution in [2.45, 2.75) is 9.79 Å². The fraction of sp³-hybridized carbons (Fsp3) is 0.0345. The molecule has 3 aromatic heterocycles. The number of pyridine rings is 1. The van der Waals surface area contributed by atoms with Gasteiger partial charge >= 0.3 is 0 Å². The molecular weight excluding hydrogens is 660 g/mol. The van der Waals surface area contributed by atoms with Crippen LogP contribution in [0.5, 0.6) is 0 Å². The van der Waals surface area contributed by atoms with Crippen molar-refractivity contribution in [1.29, 1.82) is 0 Å². The number of rotatable bonds is 4. The second kappa shape index (κ2) is 9.65. The van der Waals surface area contributed by atoms with E-state index in [1.807, 2.05) is 60.0 Å². The molecule has 0 unspecified atom stereocenters. The molecular formula is C29H19N6PtS-3. The first-order valence-corrected chi connectivity index (χ1v) is 12.3. The van der Waals surface area contributed by atoms with Gasteiger partial charge in [-0.2, -0.15) is 24.3 Å². The van der Waals surface area contributed by atoms with E-state index in [0.29, 0.717) is 0 Å². The van der Waals surface area contributed by atoms with E-state index in [-0.39, 0.29) is 21.1 Å². The predicted octanol–water partition coefficient (Wildman–Crippen LogP) is 6.42. The van der Waals surface area contributed by atoms with E-state index in [1.54, 1.807) is 24.2 Å². The third-order valence-corrected chi connectivity index (χ3v) is 7.11. The second-order valence-electron chi connectivity index (χ2n) is 8.44. The Morgan fingerprint density at radius 3 is 2.49 bits per heavy atom. The van der Waals surface area contributed by atoms with Crippen LogP contribution in [0.1, 0.15) is 0 Å². The Bertz CT molecular complexity index is 1740. The third-order valence-electron chi connectivity index (χ3n) is 6.20. The molecule has 4 heterocycles. The van der Waals surface area contributed by atoms with Gasteiger partial charge in [0.25, 0.3) is 0 Å². The van der Waals surface area contributed by atoms with Crippen molar-refractivity contribution in [2.24, 2.45) is 0 Å². The number of benzene rings is 3. The van der Waals surface area contributed by atoms with Crippen LogP contribution in [0.3, 0.4) is 0 Å². The van der Waals surface area contributed by atoms with Crippen LogP contribution in [0.25, 0.3) is 27.6 Å². The molecule has 6 aromatic rings. The molecule has 0 amide bonds. The van der Waals surface area contributed by atoms with E-state index in [4.69, 9.17) is 0 Å². The van der Waals surface area contributed by atoms with Gasteiger partial charge in [-0.05, 0) is 30.6 Å². The number of aromatic nitrogens is 4. The zero-order valence-electron chi connectivity index (χ0n) is 19.6. The first kappa shape index (κ1) is 23.7. The molecule has 7 rings (SSSR count). The molecule has 0 saturated heterocycles. The molecule has 0 radical (unpaired) electrons. The van der Waals surface area contributed by atoms with Crippen molar-refractivity contribution in [3.05, 3.63) is 110 Å². The maximum atomic E-state index is 4.60. The molecule has 0 spiro atoms. The summed E-state index contributed by atoms with van der Waals surface area (Å²) in [5, 5.41) is 2.36. The van der Waals surface area contributed by atoms with E-state index in [1.165, 1.54) is 10.8 Å². The summed E-state index contributed by atoms with van der Waals surface area (Å²) in [6.07, 6.45) is 5.24. The number of hydrogen-bond donors (Lipinski definition) is 0. The van der Waals surface area contributed by atoms with Crippen molar-refractivity contribution in [2.75, 3.05) is 16.8 Å². The third kappa shape index (κ3) is 4.08. The number of anilines is 3. The van der Waals surface area contributed by atoms with Gasteiger partial charge in [-0.25, -0.2) is 15.0 Å².